The normalized spacial score (nSPS) is 12.3. The zero-order valence-corrected chi connectivity index (χ0v) is 10.1. The molecule has 1 heterocycles. The van der Waals surface area contributed by atoms with Crippen molar-refractivity contribution in [1.29, 1.82) is 0 Å². The highest BCUT2D eigenvalue weighted by Gasteiger charge is 2.43. The van der Waals surface area contributed by atoms with Gasteiger partial charge in [0.15, 0.2) is 0 Å². The van der Waals surface area contributed by atoms with E-state index < -0.39 is 23.8 Å². The zero-order valence-electron chi connectivity index (χ0n) is 10.1. The van der Waals surface area contributed by atoms with Crippen LogP contribution in [0, 0.1) is 5.41 Å². The molecule has 5 heteroatoms. The van der Waals surface area contributed by atoms with E-state index in [9.17, 15) is 13.6 Å². The molecule has 0 bridgehead atoms. The third-order valence-electron chi connectivity index (χ3n) is 2.49. The summed E-state index contributed by atoms with van der Waals surface area (Å²) in [4.78, 5) is 15.3. The quantitative estimate of drug-likeness (QED) is 0.884. The highest BCUT2D eigenvalue weighted by molar-refractivity contribution is 5.93. The predicted molar refractivity (Wildman–Crippen MR) is 61.0 cm³/mol. The van der Waals surface area contributed by atoms with Gasteiger partial charge in [0.25, 0.3) is 11.8 Å². The van der Waals surface area contributed by atoms with Crippen LogP contribution in [0.15, 0.2) is 24.5 Å². The van der Waals surface area contributed by atoms with E-state index in [2.05, 4.69) is 10.3 Å². The number of alkyl halides is 2. The van der Waals surface area contributed by atoms with Crippen molar-refractivity contribution in [3.63, 3.8) is 0 Å². The van der Waals surface area contributed by atoms with Gasteiger partial charge in [-0.05, 0) is 12.1 Å². The Bertz CT molecular complexity index is 385. The van der Waals surface area contributed by atoms with Crippen LogP contribution in [-0.4, -0.2) is 23.4 Å². The number of carbonyl (C=O) groups is 1. The van der Waals surface area contributed by atoms with E-state index in [1.54, 1.807) is 6.07 Å². The first-order valence-corrected chi connectivity index (χ1v) is 5.30. The van der Waals surface area contributed by atoms with Gasteiger partial charge in [0, 0.05) is 17.8 Å². The molecule has 0 radical (unpaired) electrons. The van der Waals surface area contributed by atoms with Gasteiger partial charge in [0.2, 0.25) is 0 Å². The SMILES string of the molecule is CC(C)(C)C(F)(F)CNC(=O)c1cccnc1. The van der Waals surface area contributed by atoms with Crippen molar-refractivity contribution in [2.45, 2.75) is 26.7 Å². The Balaban J connectivity index is 2.61. The maximum atomic E-state index is 13.6. The second-order valence-electron chi connectivity index (χ2n) is 4.88. The molecule has 0 aromatic carbocycles. The Labute approximate surface area is 99.2 Å². The van der Waals surface area contributed by atoms with Crippen LogP contribution in [0.1, 0.15) is 31.1 Å². The molecule has 0 saturated carbocycles. The number of pyridine rings is 1. The fraction of sp³-hybridized carbons (Fsp3) is 0.500. The van der Waals surface area contributed by atoms with Gasteiger partial charge in [-0.2, -0.15) is 0 Å². The molecular weight excluding hydrogens is 226 g/mol. The number of carbonyl (C=O) groups excluding carboxylic acids is 1. The van der Waals surface area contributed by atoms with Gasteiger partial charge >= 0.3 is 0 Å². The van der Waals surface area contributed by atoms with Gasteiger partial charge in [-0.3, -0.25) is 9.78 Å². The van der Waals surface area contributed by atoms with Crippen LogP contribution >= 0.6 is 0 Å². The number of hydrogen-bond donors (Lipinski definition) is 1. The number of nitrogens with one attached hydrogen (secondary N) is 1. The van der Waals surface area contributed by atoms with Crippen LogP contribution in [0.5, 0.6) is 0 Å². The van der Waals surface area contributed by atoms with Crippen molar-refractivity contribution in [3.8, 4) is 0 Å². The average molecular weight is 242 g/mol. The van der Waals surface area contributed by atoms with Gasteiger partial charge in [-0.1, -0.05) is 20.8 Å². The van der Waals surface area contributed by atoms with Crippen LogP contribution in [0.3, 0.4) is 0 Å². The number of nitrogens with zero attached hydrogens (tertiary/aromatic N) is 1. The standard InChI is InChI=1S/C12H16F2N2O/c1-11(2,3)12(13,14)8-16-10(17)9-5-4-6-15-7-9/h4-7H,8H2,1-3H3,(H,16,17). The summed E-state index contributed by atoms with van der Waals surface area (Å²) >= 11 is 0. The summed E-state index contributed by atoms with van der Waals surface area (Å²) in [5.74, 6) is -3.49. The monoisotopic (exact) mass is 242 g/mol. The highest BCUT2D eigenvalue weighted by atomic mass is 19.3. The summed E-state index contributed by atoms with van der Waals surface area (Å²) in [5.41, 5.74) is -0.910. The molecule has 1 N–H and O–H groups in total. The predicted octanol–water partition coefficient (Wildman–Crippen LogP) is 2.49. The Morgan fingerprint density at radius 3 is 2.53 bits per heavy atom. The van der Waals surface area contributed by atoms with Gasteiger partial charge in [-0.25, -0.2) is 8.78 Å². The van der Waals surface area contributed by atoms with Crippen LogP contribution in [0.4, 0.5) is 8.78 Å². The third-order valence-corrected chi connectivity index (χ3v) is 2.49. The lowest BCUT2D eigenvalue weighted by atomic mass is 9.88. The summed E-state index contributed by atoms with van der Waals surface area (Å²) in [6.45, 7) is 3.62. The minimum atomic E-state index is -2.95. The average Bonchev–Trinajstić information content (AvgIpc) is 2.25. The van der Waals surface area contributed by atoms with Gasteiger partial charge in [-0.15, -0.1) is 0 Å². The van der Waals surface area contributed by atoms with E-state index in [0.29, 0.717) is 0 Å². The molecule has 1 aromatic heterocycles. The second kappa shape index (κ2) is 4.77. The van der Waals surface area contributed by atoms with Crippen molar-refractivity contribution in [2.75, 3.05) is 6.54 Å². The third kappa shape index (κ3) is 3.47. The fourth-order valence-electron chi connectivity index (χ4n) is 1.06. The largest absolute Gasteiger partial charge is 0.346 e. The topological polar surface area (TPSA) is 42.0 Å². The molecule has 94 valence electrons. The Morgan fingerprint density at radius 2 is 2.06 bits per heavy atom. The minimum absolute atomic E-state index is 0.275. The fourth-order valence-corrected chi connectivity index (χ4v) is 1.06. The lowest BCUT2D eigenvalue weighted by Crippen LogP contribution is -2.45. The van der Waals surface area contributed by atoms with E-state index >= 15 is 0 Å². The molecule has 0 aliphatic rings. The van der Waals surface area contributed by atoms with Gasteiger partial charge in [0.05, 0.1) is 12.1 Å². The molecule has 1 amide bonds. The molecule has 0 aliphatic heterocycles. The lowest BCUT2D eigenvalue weighted by Gasteiger charge is -2.30. The number of rotatable bonds is 3. The molecule has 0 atom stereocenters. The van der Waals surface area contributed by atoms with Crippen molar-refractivity contribution in [2.24, 2.45) is 5.41 Å². The van der Waals surface area contributed by atoms with E-state index in [1.807, 2.05) is 0 Å². The van der Waals surface area contributed by atoms with Crippen molar-refractivity contribution in [3.05, 3.63) is 30.1 Å². The Hall–Kier alpha value is -1.52. The number of amides is 1. The van der Waals surface area contributed by atoms with Crippen molar-refractivity contribution in [1.82, 2.24) is 10.3 Å². The molecule has 1 aromatic rings. The summed E-state index contributed by atoms with van der Waals surface area (Å²) in [6.07, 6.45) is 2.85. The number of hydrogen-bond acceptors (Lipinski definition) is 2. The van der Waals surface area contributed by atoms with Crippen molar-refractivity contribution < 1.29 is 13.6 Å². The minimum Gasteiger partial charge on any atom is -0.346 e. The summed E-state index contributed by atoms with van der Waals surface area (Å²) in [5, 5.41) is 2.22. The van der Waals surface area contributed by atoms with E-state index in [-0.39, 0.29) is 5.56 Å². The molecule has 0 fully saturated rings. The highest BCUT2D eigenvalue weighted by Crippen LogP contribution is 2.34. The number of halogens is 2. The van der Waals surface area contributed by atoms with Crippen LogP contribution in [0.25, 0.3) is 0 Å². The van der Waals surface area contributed by atoms with Gasteiger partial charge < -0.3 is 5.32 Å². The molecule has 1 rings (SSSR count). The summed E-state index contributed by atoms with van der Waals surface area (Å²) in [6, 6.07) is 3.11. The van der Waals surface area contributed by atoms with Crippen LogP contribution in [0.2, 0.25) is 0 Å². The molecular formula is C12H16F2N2O. The first-order chi connectivity index (χ1) is 7.74. The molecule has 0 saturated heterocycles. The van der Waals surface area contributed by atoms with Crippen LogP contribution in [-0.2, 0) is 0 Å². The molecule has 0 spiro atoms. The Kier molecular flexibility index (Phi) is 3.80. The smallest absolute Gasteiger partial charge is 0.269 e. The maximum Gasteiger partial charge on any atom is 0.269 e. The summed E-state index contributed by atoms with van der Waals surface area (Å²) < 4.78 is 27.2. The summed E-state index contributed by atoms with van der Waals surface area (Å²) in [7, 11) is 0. The Morgan fingerprint density at radius 1 is 1.41 bits per heavy atom. The van der Waals surface area contributed by atoms with E-state index in [0.717, 1.165) is 0 Å². The zero-order chi connectivity index (χ0) is 13.1. The maximum absolute atomic E-state index is 13.6. The van der Waals surface area contributed by atoms with Crippen LogP contribution < -0.4 is 5.32 Å². The first-order valence-electron chi connectivity index (χ1n) is 5.30. The van der Waals surface area contributed by atoms with Crippen molar-refractivity contribution >= 4 is 5.91 Å². The molecule has 17 heavy (non-hydrogen) atoms. The second-order valence-corrected chi connectivity index (χ2v) is 4.88. The lowest BCUT2D eigenvalue weighted by molar-refractivity contribution is -0.0916. The first kappa shape index (κ1) is 13.5. The number of aromatic nitrogens is 1. The van der Waals surface area contributed by atoms with E-state index in [1.165, 1.54) is 39.2 Å². The molecule has 0 unspecified atom stereocenters. The molecule has 0 aliphatic carbocycles. The van der Waals surface area contributed by atoms with Gasteiger partial charge in [0.1, 0.15) is 0 Å². The molecule has 3 nitrogen and oxygen atoms in total. The van der Waals surface area contributed by atoms with E-state index in [4.69, 9.17) is 0 Å².